The third-order valence-electron chi connectivity index (χ3n) is 3.32. The molecule has 0 radical (unpaired) electrons. The maximum Gasteiger partial charge on any atom is 0.224 e. The number of benzene rings is 1. The van der Waals surface area contributed by atoms with Gasteiger partial charge < -0.3 is 5.32 Å². The molecule has 1 aromatic heterocycles. The third kappa shape index (κ3) is 1.52. The van der Waals surface area contributed by atoms with Gasteiger partial charge >= 0.3 is 0 Å². The lowest BCUT2D eigenvalue weighted by atomic mass is 10.0. The summed E-state index contributed by atoms with van der Waals surface area (Å²) in [5, 5.41) is 12.4. The molecule has 0 aliphatic carbocycles. The highest BCUT2D eigenvalue weighted by Crippen LogP contribution is 2.26. The van der Waals surface area contributed by atoms with E-state index in [1.165, 1.54) is 5.56 Å². The molecule has 2 heterocycles. The van der Waals surface area contributed by atoms with Crippen molar-refractivity contribution < 1.29 is 0 Å². The van der Waals surface area contributed by atoms with Gasteiger partial charge in [0, 0.05) is 18.5 Å². The molecule has 17 heavy (non-hydrogen) atoms. The van der Waals surface area contributed by atoms with E-state index in [1.54, 1.807) is 0 Å². The van der Waals surface area contributed by atoms with Crippen LogP contribution in [0, 0.1) is 5.41 Å². The zero-order valence-corrected chi connectivity index (χ0v) is 10.1. The van der Waals surface area contributed by atoms with Gasteiger partial charge in [-0.25, -0.2) is 4.98 Å². The number of rotatable bonds is 1. The van der Waals surface area contributed by atoms with E-state index in [0.717, 1.165) is 29.8 Å². The highest BCUT2D eigenvalue weighted by molar-refractivity contribution is 5.90. The van der Waals surface area contributed by atoms with Crippen LogP contribution in [0.1, 0.15) is 25.3 Å². The first-order chi connectivity index (χ1) is 8.16. The van der Waals surface area contributed by atoms with Crippen LogP contribution in [-0.4, -0.2) is 16.1 Å². The topological polar surface area (TPSA) is 53.7 Å². The lowest BCUT2D eigenvalue weighted by Crippen LogP contribution is -2.21. The Bertz CT molecular complexity index is 640. The second kappa shape index (κ2) is 3.58. The van der Waals surface area contributed by atoms with Crippen molar-refractivity contribution in [3.05, 3.63) is 29.4 Å². The lowest BCUT2D eigenvalue weighted by molar-refractivity contribution is 0.717. The predicted molar refractivity (Wildman–Crippen MR) is 68.2 cm³/mol. The maximum atomic E-state index is 7.92. The number of hydrogen-bond acceptors (Lipinski definition) is 3. The van der Waals surface area contributed by atoms with Gasteiger partial charge in [0.15, 0.2) is 0 Å². The normalized spacial score (nSPS) is 14.1. The molecule has 1 aliphatic heterocycles. The molecule has 4 nitrogen and oxygen atoms in total. The highest BCUT2D eigenvalue weighted by Gasteiger charge is 2.14. The molecule has 0 unspecified atom stereocenters. The van der Waals surface area contributed by atoms with Crippen LogP contribution in [0.5, 0.6) is 0 Å². The Kier molecular flexibility index (Phi) is 2.18. The van der Waals surface area contributed by atoms with Crippen LogP contribution in [0.2, 0.25) is 0 Å². The molecule has 0 amide bonds. The average molecular weight is 228 g/mol. The summed E-state index contributed by atoms with van der Waals surface area (Å²) in [5.74, 6) is 1.53. The van der Waals surface area contributed by atoms with Crippen molar-refractivity contribution in [1.82, 2.24) is 9.55 Å². The Hall–Kier alpha value is -1.84. The summed E-state index contributed by atoms with van der Waals surface area (Å²) in [5.41, 5.74) is 2.53. The quantitative estimate of drug-likeness (QED) is 0.785. The molecule has 0 atom stereocenters. The molecule has 3 rings (SSSR count). The van der Waals surface area contributed by atoms with Crippen molar-refractivity contribution in [3.63, 3.8) is 0 Å². The smallest absolute Gasteiger partial charge is 0.224 e. The van der Waals surface area contributed by atoms with Gasteiger partial charge in [0.2, 0.25) is 5.62 Å². The number of anilines is 1. The first-order valence-corrected chi connectivity index (χ1v) is 6.00. The van der Waals surface area contributed by atoms with E-state index in [-0.39, 0.29) is 0 Å². The van der Waals surface area contributed by atoms with E-state index in [0.29, 0.717) is 11.5 Å². The zero-order valence-electron chi connectivity index (χ0n) is 10.1. The molecular weight excluding hydrogens is 212 g/mol. The summed E-state index contributed by atoms with van der Waals surface area (Å²) in [6.45, 7) is 6.06. The van der Waals surface area contributed by atoms with Gasteiger partial charge in [-0.3, -0.25) is 9.98 Å². The van der Waals surface area contributed by atoms with Crippen LogP contribution in [0.15, 0.2) is 18.2 Å². The summed E-state index contributed by atoms with van der Waals surface area (Å²) in [4.78, 5) is 4.38. The van der Waals surface area contributed by atoms with Crippen LogP contribution >= 0.6 is 0 Å². The molecule has 0 fully saturated rings. The second-order valence-electron chi connectivity index (χ2n) is 4.79. The predicted octanol–water partition coefficient (Wildman–Crippen LogP) is 2.06. The third-order valence-corrected chi connectivity index (χ3v) is 3.32. The van der Waals surface area contributed by atoms with Gasteiger partial charge in [0.1, 0.15) is 5.82 Å². The minimum absolute atomic E-state index is 0.346. The van der Waals surface area contributed by atoms with Crippen molar-refractivity contribution in [2.24, 2.45) is 0 Å². The van der Waals surface area contributed by atoms with Crippen LogP contribution in [0.4, 0.5) is 5.82 Å². The Morgan fingerprint density at radius 2 is 2.24 bits per heavy atom. The number of nitrogens with one attached hydrogen (secondary N) is 2. The van der Waals surface area contributed by atoms with E-state index in [2.05, 4.69) is 42.3 Å². The Balaban J connectivity index is 2.33. The fourth-order valence-electron chi connectivity index (χ4n) is 2.32. The number of aromatic nitrogens is 2. The number of nitrogens with zero attached hydrogens (tertiary/aromatic N) is 2. The van der Waals surface area contributed by atoms with Crippen LogP contribution in [0.25, 0.3) is 10.9 Å². The summed E-state index contributed by atoms with van der Waals surface area (Å²) in [6, 6.07) is 6.36. The van der Waals surface area contributed by atoms with E-state index in [4.69, 9.17) is 5.41 Å². The monoisotopic (exact) mass is 228 g/mol. The van der Waals surface area contributed by atoms with Crippen LogP contribution in [-0.2, 0) is 6.54 Å². The fourth-order valence-corrected chi connectivity index (χ4v) is 2.32. The van der Waals surface area contributed by atoms with Crippen molar-refractivity contribution in [3.8, 4) is 0 Å². The van der Waals surface area contributed by atoms with E-state index < -0.39 is 0 Å². The molecule has 0 saturated carbocycles. The Morgan fingerprint density at radius 3 is 3.00 bits per heavy atom. The molecule has 88 valence electrons. The Morgan fingerprint density at radius 1 is 1.41 bits per heavy atom. The summed E-state index contributed by atoms with van der Waals surface area (Å²) in [6.07, 6.45) is 0. The van der Waals surface area contributed by atoms with Crippen molar-refractivity contribution in [2.75, 3.05) is 11.9 Å². The average Bonchev–Trinajstić information content (AvgIpc) is 2.78. The molecular formula is C13H16N4. The first-order valence-electron chi connectivity index (χ1n) is 6.00. The van der Waals surface area contributed by atoms with E-state index >= 15 is 0 Å². The molecule has 0 spiro atoms. The minimum Gasteiger partial charge on any atom is -0.369 e. The summed E-state index contributed by atoms with van der Waals surface area (Å²) < 4.78 is 1.93. The van der Waals surface area contributed by atoms with Crippen LogP contribution < -0.4 is 10.9 Å². The minimum atomic E-state index is 0.346. The molecule has 2 N–H and O–H groups in total. The summed E-state index contributed by atoms with van der Waals surface area (Å²) >= 11 is 0. The lowest BCUT2D eigenvalue weighted by Gasteiger charge is -2.10. The second-order valence-corrected chi connectivity index (χ2v) is 4.79. The van der Waals surface area contributed by atoms with Gasteiger partial charge in [-0.2, -0.15) is 0 Å². The van der Waals surface area contributed by atoms with Crippen molar-refractivity contribution >= 4 is 16.7 Å². The fraction of sp³-hybridized carbons (Fsp3) is 0.385. The maximum absolute atomic E-state index is 7.92. The molecule has 1 aromatic carbocycles. The van der Waals surface area contributed by atoms with E-state index in [1.807, 2.05) is 4.57 Å². The number of hydrogen-bond donors (Lipinski definition) is 2. The van der Waals surface area contributed by atoms with Gasteiger partial charge in [0.25, 0.3) is 0 Å². The van der Waals surface area contributed by atoms with E-state index in [9.17, 15) is 0 Å². The zero-order chi connectivity index (χ0) is 12.0. The highest BCUT2D eigenvalue weighted by atomic mass is 15.2. The first kappa shape index (κ1) is 10.3. The molecule has 0 bridgehead atoms. The van der Waals surface area contributed by atoms with Gasteiger partial charge in [0.05, 0.1) is 5.52 Å². The van der Waals surface area contributed by atoms with Crippen molar-refractivity contribution in [1.29, 1.82) is 5.41 Å². The Labute approximate surface area is 99.8 Å². The number of fused-ring (bicyclic) bond motifs is 3. The largest absolute Gasteiger partial charge is 0.369 e. The van der Waals surface area contributed by atoms with Gasteiger partial charge in [-0.1, -0.05) is 19.9 Å². The standard InChI is InChI=1S/C13H16N4/c1-8(2)9-3-4-10-11(7-9)16-13(14)17-6-5-15-12(10)17/h3-4,7-8,14-15H,5-6H2,1-2H3. The molecule has 0 saturated heterocycles. The summed E-state index contributed by atoms with van der Waals surface area (Å²) in [7, 11) is 0. The molecule has 2 aromatic rings. The van der Waals surface area contributed by atoms with Gasteiger partial charge in [-0.05, 0) is 23.6 Å². The molecule has 4 heteroatoms. The molecule has 1 aliphatic rings. The van der Waals surface area contributed by atoms with Crippen LogP contribution in [0.3, 0.4) is 0 Å². The SMILES string of the molecule is CC(C)c1ccc2c3n(c(=N)nc2c1)CCN3. The van der Waals surface area contributed by atoms with Crippen molar-refractivity contribution in [2.45, 2.75) is 26.3 Å². The van der Waals surface area contributed by atoms with Gasteiger partial charge in [-0.15, -0.1) is 0 Å².